The number of hydrogen-bond donors (Lipinski definition) is 2. The van der Waals surface area contributed by atoms with E-state index in [0.717, 1.165) is 25.7 Å². The predicted molar refractivity (Wildman–Crippen MR) is 46.4 cm³/mol. The predicted octanol–water partition coefficient (Wildman–Crippen LogP) is 0.780. The summed E-state index contributed by atoms with van der Waals surface area (Å²) >= 11 is 0. The molecule has 76 valence electrons. The van der Waals surface area contributed by atoms with E-state index >= 15 is 0 Å². The number of carboxylic acid groups (broad SMARTS) is 1. The Morgan fingerprint density at radius 2 is 2.08 bits per heavy atom. The molecule has 1 fully saturated rings. The summed E-state index contributed by atoms with van der Waals surface area (Å²) < 4.78 is 5.22. The number of carboxylic acids is 1. The Bertz CT molecular complexity index is 180. The maximum absolute atomic E-state index is 10.5. The Kier molecular flexibility index (Phi) is 3.69. The topological polar surface area (TPSA) is 66.8 Å². The number of rotatable bonds is 3. The van der Waals surface area contributed by atoms with Gasteiger partial charge in [0.15, 0.2) is 6.10 Å². The highest BCUT2D eigenvalue weighted by atomic mass is 16.5. The summed E-state index contributed by atoms with van der Waals surface area (Å²) in [6.07, 6.45) is 1.89. The van der Waals surface area contributed by atoms with Crippen LogP contribution in [-0.2, 0) is 9.53 Å². The fraction of sp³-hybridized carbons (Fsp3) is 0.889. The maximum Gasteiger partial charge on any atom is 0.332 e. The lowest BCUT2D eigenvalue weighted by Gasteiger charge is -2.28. The first kappa shape index (κ1) is 10.5. The van der Waals surface area contributed by atoms with Gasteiger partial charge in [-0.1, -0.05) is 12.8 Å². The van der Waals surface area contributed by atoms with E-state index in [1.165, 1.54) is 6.92 Å². The van der Waals surface area contributed by atoms with Gasteiger partial charge in [0.05, 0.1) is 12.2 Å². The minimum Gasteiger partial charge on any atom is -0.479 e. The standard InChI is InChI=1S/C9H16O4/c1-6(9(11)12)13-8-5-3-2-4-7(8)10/h6-8,10H,2-5H2,1H3,(H,11,12)/t6-,7?,8?/m1/s1. The molecule has 0 amide bonds. The lowest BCUT2D eigenvalue weighted by molar-refractivity contribution is -0.159. The monoisotopic (exact) mass is 188 g/mol. The minimum atomic E-state index is -0.974. The van der Waals surface area contributed by atoms with Crippen molar-refractivity contribution in [2.45, 2.75) is 50.9 Å². The number of carbonyl (C=O) groups is 1. The smallest absolute Gasteiger partial charge is 0.332 e. The van der Waals surface area contributed by atoms with E-state index in [0.29, 0.717) is 0 Å². The third kappa shape index (κ3) is 2.97. The molecule has 2 N–H and O–H groups in total. The highest BCUT2D eigenvalue weighted by Crippen LogP contribution is 2.22. The van der Waals surface area contributed by atoms with Crippen molar-refractivity contribution >= 4 is 5.97 Å². The molecule has 0 aliphatic heterocycles. The highest BCUT2D eigenvalue weighted by molar-refractivity contribution is 5.71. The molecule has 0 heterocycles. The average Bonchev–Trinajstić information content (AvgIpc) is 2.08. The number of aliphatic hydroxyl groups excluding tert-OH is 1. The zero-order valence-electron chi connectivity index (χ0n) is 7.77. The normalized spacial score (nSPS) is 31.2. The van der Waals surface area contributed by atoms with Crippen LogP contribution in [0.25, 0.3) is 0 Å². The molecule has 13 heavy (non-hydrogen) atoms. The number of ether oxygens (including phenoxy) is 1. The Hall–Kier alpha value is -0.610. The van der Waals surface area contributed by atoms with Crippen molar-refractivity contribution in [3.8, 4) is 0 Å². The molecule has 2 unspecified atom stereocenters. The van der Waals surface area contributed by atoms with Gasteiger partial charge in [-0.15, -0.1) is 0 Å². The second-order valence-electron chi connectivity index (χ2n) is 3.51. The van der Waals surface area contributed by atoms with Crippen molar-refractivity contribution < 1.29 is 19.7 Å². The summed E-state index contributed by atoms with van der Waals surface area (Å²) in [6, 6.07) is 0. The van der Waals surface area contributed by atoms with Crippen LogP contribution in [0.15, 0.2) is 0 Å². The first-order chi connectivity index (χ1) is 6.11. The summed E-state index contributed by atoms with van der Waals surface area (Å²) in [4.78, 5) is 10.5. The molecule has 0 radical (unpaired) electrons. The van der Waals surface area contributed by atoms with Crippen molar-refractivity contribution in [1.82, 2.24) is 0 Å². The van der Waals surface area contributed by atoms with E-state index in [4.69, 9.17) is 9.84 Å². The first-order valence-corrected chi connectivity index (χ1v) is 4.67. The molecular weight excluding hydrogens is 172 g/mol. The Morgan fingerprint density at radius 3 is 2.62 bits per heavy atom. The Balaban J connectivity index is 2.37. The Morgan fingerprint density at radius 1 is 1.46 bits per heavy atom. The van der Waals surface area contributed by atoms with Crippen LogP contribution in [0.3, 0.4) is 0 Å². The van der Waals surface area contributed by atoms with Crippen LogP contribution >= 0.6 is 0 Å². The molecule has 0 aromatic rings. The van der Waals surface area contributed by atoms with Crippen LogP contribution in [0.1, 0.15) is 32.6 Å². The van der Waals surface area contributed by atoms with Gasteiger partial charge >= 0.3 is 5.97 Å². The lowest BCUT2D eigenvalue weighted by atomic mass is 9.95. The summed E-state index contributed by atoms with van der Waals surface area (Å²) in [5, 5.41) is 18.1. The lowest BCUT2D eigenvalue weighted by Crippen LogP contribution is -2.37. The molecule has 1 aliphatic carbocycles. The molecule has 4 heteroatoms. The van der Waals surface area contributed by atoms with Crippen molar-refractivity contribution in [3.63, 3.8) is 0 Å². The second kappa shape index (κ2) is 4.58. The fourth-order valence-electron chi connectivity index (χ4n) is 1.56. The zero-order chi connectivity index (χ0) is 9.84. The van der Waals surface area contributed by atoms with Crippen molar-refractivity contribution in [3.05, 3.63) is 0 Å². The van der Waals surface area contributed by atoms with Crippen LogP contribution < -0.4 is 0 Å². The molecule has 1 rings (SSSR count). The molecule has 4 nitrogen and oxygen atoms in total. The largest absolute Gasteiger partial charge is 0.479 e. The minimum absolute atomic E-state index is 0.292. The van der Waals surface area contributed by atoms with Gasteiger partial charge in [0.25, 0.3) is 0 Å². The summed E-state index contributed by atoms with van der Waals surface area (Å²) in [5.41, 5.74) is 0. The van der Waals surface area contributed by atoms with Gasteiger partial charge in [0.2, 0.25) is 0 Å². The molecule has 3 atom stereocenters. The quantitative estimate of drug-likeness (QED) is 0.686. The van der Waals surface area contributed by atoms with Gasteiger partial charge in [-0.05, 0) is 19.8 Å². The average molecular weight is 188 g/mol. The van der Waals surface area contributed by atoms with Gasteiger partial charge < -0.3 is 14.9 Å². The van der Waals surface area contributed by atoms with Crippen LogP contribution in [0.5, 0.6) is 0 Å². The van der Waals surface area contributed by atoms with Gasteiger partial charge in [-0.2, -0.15) is 0 Å². The van der Waals surface area contributed by atoms with Crippen molar-refractivity contribution in [1.29, 1.82) is 0 Å². The zero-order valence-corrected chi connectivity index (χ0v) is 7.77. The molecule has 0 aromatic carbocycles. The van der Waals surface area contributed by atoms with E-state index in [-0.39, 0.29) is 6.10 Å². The van der Waals surface area contributed by atoms with E-state index in [9.17, 15) is 9.90 Å². The number of aliphatic carboxylic acids is 1. The van der Waals surface area contributed by atoms with Gasteiger partial charge in [0, 0.05) is 0 Å². The van der Waals surface area contributed by atoms with Gasteiger partial charge in [-0.25, -0.2) is 4.79 Å². The summed E-state index contributed by atoms with van der Waals surface area (Å²) in [7, 11) is 0. The number of aliphatic hydroxyl groups is 1. The van der Waals surface area contributed by atoms with Crippen molar-refractivity contribution in [2.75, 3.05) is 0 Å². The van der Waals surface area contributed by atoms with Gasteiger partial charge in [-0.3, -0.25) is 0 Å². The first-order valence-electron chi connectivity index (χ1n) is 4.67. The maximum atomic E-state index is 10.5. The summed E-state index contributed by atoms with van der Waals surface area (Å²) in [5.74, 6) is -0.974. The van der Waals surface area contributed by atoms with E-state index in [2.05, 4.69) is 0 Å². The second-order valence-corrected chi connectivity index (χ2v) is 3.51. The van der Waals surface area contributed by atoms with Crippen LogP contribution in [0.2, 0.25) is 0 Å². The number of hydrogen-bond acceptors (Lipinski definition) is 3. The fourth-order valence-corrected chi connectivity index (χ4v) is 1.56. The third-order valence-electron chi connectivity index (χ3n) is 2.39. The highest BCUT2D eigenvalue weighted by Gasteiger charge is 2.27. The Labute approximate surface area is 77.5 Å². The van der Waals surface area contributed by atoms with Crippen molar-refractivity contribution in [2.24, 2.45) is 0 Å². The van der Waals surface area contributed by atoms with Crippen LogP contribution in [0.4, 0.5) is 0 Å². The molecule has 1 aliphatic rings. The molecular formula is C9H16O4. The molecule has 1 saturated carbocycles. The molecule has 0 aromatic heterocycles. The SMILES string of the molecule is C[C@@H](OC1CCCCC1O)C(=O)O. The van der Waals surface area contributed by atoms with E-state index in [1.807, 2.05) is 0 Å². The molecule has 0 saturated heterocycles. The molecule has 0 bridgehead atoms. The third-order valence-corrected chi connectivity index (χ3v) is 2.39. The van der Waals surface area contributed by atoms with Gasteiger partial charge in [0.1, 0.15) is 0 Å². The summed E-state index contributed by atoms with van der Waals surface area (Å²) in [6.45, 7) is 1.49. The van der Waals surface area contributed by atoms with E-state index < -0.39 is 18.2 Å². The van der Waals surface area contributed by atoms with Crippen LogP contribution in [0, 0.1) is 0 Å². The van der Waals surface area contributed by atoms with E-state index in [1.54, 1.807) is 0 Å². The molecule has 0 spiro atoms. The van der Waals surface area contributed by atoms with Crippen LogP contribution in [-0.4, -0.2) is 34.5 Å².